The summed E-state index contributed by atoms with van der Waals surface area (Å²) in [7, 11) is 0. The second kappa shape index (κ2) is 8.22. The molecule has 160 valence electrons. The molecule has 1 fully saturated rings. The molecule has 2 aliphatic heterocycles. The van der Waals surface area contributed by atoms with E-state index in [0.29, 0.717) is 37.6 Å². The van der Waals surface area contributed by atoms with Crippen LogP contribution in [-0.4, -0.2) is 23.9 Å². The number of carbonyl (C=O) groups excluding carboxylic acids is 1. The van der Waals surface area contributed by atoms with Crippen LogP contribution in [0.5, 0.6) is 5.75 Å². The number of halogens is 1. The normalized spacial score (nSPS) is 19.4. The molecule has 0 saturated carbocycles. The highest BCUT2D eigenvalue weighted by Gasteiger charge is 2.47. The minimum atomic E-state index is -0.503. The zero-order chi connectivity index (χ0) is 22.1. The molecule has 32 heavy (non-hydrogen) atoms. The number of hydrogen-bond donors (Lipinski definition) is 1. The van der Waals surface area contributed by atoms with E-state index in [-0.39, 0.29) is 5.91 Å². The fourth-order valence-corrected chi connectivity index (χ4v) is 4.75. The number of anilines is 1. The van der Waals surface area contributed by atoms with Gasteiger partial charge in [0.25, 0.3) is 0 Å². The summed E-state index contributed by atoms with van der Waals surface area (Å²) in [5.41, 5.74) is 4.40. The maximum Gasteiger partial charge on any atom is 0.232 e. The number of likely N-dealkylation sites (tertiary alicyclic amines) is 1. The molecule has 0 aromatic heterocycles. The minimum Gasteiger partial charge on any atom is -0.489 e. The largest absolute Gasteiger partial charge is 0.489 e. The highest BCUT2D eigenvalue weighted by atomic mass is 35.5. The summed E-state index contributed by atoms with van der Waals surface area (Å²) < 4.78 is 5.96. The number of benzene rings is 3. The third-order valence-electron chi connectivity index (χ3n) is 6.38. The molecule has 2 heterocycles. The van der Waals surface area contributed by atoms with Gasteiger partial charge in [-0.3, -0.25) is 4.79 Å². The summed E-state index contributed by atoms with van der Waals surface area (Å²) in [6.45, 7) is 1.52. The lowest BCUT2D eigenvalue weighted by Gasteiger charge is -2.33. The molecular formula is C26H22ClN3O2. The number of amides is 1. The molecule has 1 spiro atoms. The van der Waals surface area contributed by atoms with Crippen LogP contribution in [0.3, 0.4) is 0 Å². The van der Waals surface area contributed by atoms with Gasteiger partial charge in [-0.2, -0.15) is 5.26 Å². The molecule has 3 aromatic carbocycles. The molecule has 6 heteroatoms. The Bertz CT molecular complexity index is 1240. The first-order chi connectivity index (χ1) is 15.6. The summed E-state index contributed by atoms with van der Waals surface area (Å²) in [4.78, 5) is 14.6. The van der Waals surface area contributed by atoms with Crippen LogP contribution in [0.2, 0.25) is 5.02 Å². The van der Waals surface area contributed by atoms with Crippen molar-refractivity contribution in [3.05, 3.63) is 82.9 Å². The molecule has 2 aliphatic rings. The predicted octanol–water partition coefficient (Wildman–Crippen LogP) is 5.25. The monoisotopic (exact) mass is 443 g/mol. The topological polar surface area (TPSA) is 65.4 Å². The lowest BCUT2D eigenvalue weighted by atomic mass is 9.76. The first-order valence-corrected chi connectivity index (χ1v) is 11.0. The van der Waals surface area contributed by atoms with Gasteiger partial charge in [0.2, 0.25) is 5.91 Å². The molecule has 3 aromatic rings. The molecular weight excluding hydrogens is 422 g/mol. The van der Waals surface area contributed by atoms with Crippen molar-refractivity contribution < 1.29 is 9.53 Å². The smallest absolute Gasteiger partial charge is 0.232 e. The third kappa shape index (κ3) is 3.79. The Morgan fingerprint density at radius 3 is 2.75 bits per heavy atom. The van der Waals surface area contributed by atoms with Crippen molar-refractivity contribution >= 4 is 23.2 Å². The van der Waals surface area contributed by atoms with E-state index in [1.54, 1.807) is 4.90 Å². The second-order valence-corrected chi connectivity index (χ2v) is 8.87. The van der Waals surface area contributed by atoms with Gasteiger partial charge in [0.05, 0.1) is 5.41 Å². The van der Waals surface area contributed by atoms with Crippen LogP contribution in [0.15, 0.2) is 66.7 Å². The average Bonchev–Trinajstić information content (AvgIpc) is 3.23. The second-order valence-electron chi connectivity index (χ2n) is 8.46. The Kier molecular flexibility index (Phi) is 5.24. The average molecular weight is 444 g/mol. The number of fused-ring (bicyclic) bond motifs is 1. The number of carbonyl (C=O) groups is 1. The van der Waals surface area contributed by atoms with Gasteiger partial charge in [-0.05, 0) is 53.8 Å². The van der Waals surface area contributed by atoms with E-state index >= 15 is 0 Å². The SMILES string of the molecule is N#CN1CCC2(Cc3ccc(-c4cccc(OCc5ccccc5Cl)c4)cc3NC2=O)C1. The van der Waals surface area contributed by atoms with Crippen LogP contribution in [0, 0.1) is 16.9 Å². The number of nitriles is 1. The number of hydrogen-bond acceptors (Lipinski definition) is 4. The molecule has 5 rings (SSSR count). The molecule has 0 radical (unpaired) electrons. The van der Waals surface area contributed by atoms with Gasteiger partial charge < -0.3 is 15.0 Å². The first kappa shape index (κ1) is 20.4. The fraction of sp³-hybridized carbons (Fsp3) is 0.231. The number of rotatable bonds is 4. The molecule has 0 aliphatic carbocycles. The van der Waals surface area contributed by atoms with Crippen molar-refractivity contribution in [2.24, 2.45) is 5.41 Å². The van der Waals surface area contributed by atoms with Crippen LogP contribution in [0.4, 0.5) is 5.69 Å². The van der Waals surface area contributed by atoms with Crippen LogP contribution >= 0.6 is 11.6 Å². The van der Waals surface area contributed by atoms with E-state index in [4.69, 9.17) is 16.3 Å². The van der Waals surface area contributed by atoms with Gasteiger partial charge in [-0.1, -0.05) is 54.1 Å². The lowest BCUT2D eigenvalue weighted by molar-refractivity contribution is -0.125. The number of ether oxygens (including phenoxy) is 1. The Hall–Kier alpha value is -3.49. The quantitative estimate of drug-likeness (QED) is 0.559. The lowest BCUT2D eigenvalue weighted by Crippen LogP contribution is -2.43. The van der Waals surface area contributed by atoms with Crippen molar-refractivity contribution in [1.82, 2.24) is 4.90 Å². The van der Waals surface area contributed by atoms with Crippen molar-refractivity contribution in [3.8, 4) is 23.1 Å². The van der Waals surface area contributed by atoms with Gasteiger partial charge in [0.1, 0.15) is 12.4 Å². The summed E-state index contributed by atoms with van der Waals surface area (Å²) in [6, 6.07) is 21.7. The van der Waals surface area contributed by atoms with E-state index in [2.05, 4.69) is 23.6 Å². The zero-order valence-corrected chi connectivity index (χ0v) is 18.2. The zero-order valence-electron chi connectivity index (χ0n) is 17.5. The van der Waals surface area contributed by atoms with E-state index in [0.717, 1.165) is 33.7 Å². The Labute approximate surface area is 192 Å². The van der Waals surface area contributed by atoms with E-state index in [1.165, 1.54) is 0 Å². The number of nitrogens with zero attached hydrogens (tertiary/aromatic N) is 2. The van der Waals surface area contributed by atoms with E-state index < -0.39 is 5.41 Å². The molecule has 1 unspecified atom stereocenters. The minimum absolute atomic E-state index is 0.0109. The van der Waals surface area contributed by atoms with Crippen LogP contribution in [0.25, 0.3) is 11.1 Å². The van der Waals surface area contributed by atoms with Crippen LogP contribution in [0.1, 0.15) is 17.5 Å². The highest BCUT2D eigenvalue weighted by molar-refractivity contribution is 6.31. The Balaban J connectivity index is 1.35. The molecule has 1 N–H and O–H groups in total. The number of nitrogens with one attached hydrogen (secondary N) is 1. The summed E-state index contributed by atoms with van der Waals surface area (Å²) in [5.74, 6) is 0.766. The van der Waals surface area contributed by atoms with Gasteiger partial charge in [-0.15, -0.1) is 0 Å². The fourth-order valence-electron chi connectivity index (χ4n) is 4.56. The molecule has 1 amide bonds. The van der Waals surface area contributed by atoms with Crippen molar-refractivity contribution in [1.29, 1.82) is 5.26 Å². The molecule has 5 nitrogen and oxygen atoms in total. The van der Waals surface area contributed by atoms with Crippen molar-refractivity contribution in [2.45, 2.75) is 19.4 Å². The van der Waals surface area contributed by atoms with Gasteiger partial charge in [0.15, 0.2) is 6.19 Å². The maximum atomic E-state index is 12.9. The standard InChI is InChI=1S/C26H22ClN3O2/c27-23-7-2-1-4-21(23)15-32-22-6-3-5-18(12-22)19-8-9-20-14-26(10-11-30(16-26)17-28)25(31)29-24(20)13-19/h1-9,12-13H,10-11,14-16H2,(H,29,31). The molecule has 0 bridgehead atoms. The predicted molar refractivity (Wildman–Crippen MR) is 124 cm³/mol. The van der Waals surface area contributed by atoms with E-state index in [1.807, 2.05) is 54.6 Å². The summed E-state index contributed by atoms with van der Waals surface area (Å²) in [6.07, 6.45) is 3.54. The van der Waals surface area contributed by atoms with Gasteiger partial charge in [-0.25, -0.2) is 0 Å². The first-order valence-electron chi connectivity index (χ1n) is 10.6. The third-order valence-corrected chi connectivity index (χ3v) is 6.75. The van der Waals surface area contributed by atoms with E-state index in [9.17, 15) is 10.1 Å². The maximum absolute atomic E-state index is 12.9. The Morgan fingerprint density at radius 1 is 1.09 bits per heavy atom. The molecule has 1 atom stereocenters. The summed E-state index contributed by atoms with van der Waals surface area (Å²) >= 11 is 6.23. The van der Waals surface area contributed by atoms with Crippen LogP contribution < -0.4 is 10.1 Å². The van der Waals surface area contributed by atoms with Gasteiger partial charge in [0, 0.05) is 29.4 Å². The van der Waals surface area contributed by atoms with Crippen molar-refractivity contribution in [2.75, 3.05) is 18.4 Å². The van der Waals surface area contributed by atoms with Gasteiger partial charge >= 0.3 is 0 Å². The molecule has 1 saturated heterocycles. The Morgan fingerprint density at radius 2 is 1.94 bits per heavy atom. The highest BCUT2D eigenvalue weighted by Crippen LogP contribution is 2.42. The summed E-state index contributed by atoms with van der Waals surface area (Å²) in [5, 5.41) is 13.0. The van der Waals surface area contributed by atoms with Crippen molar-refractivity contribution in [3.63, 3.8) is 0 Å². The van der Waals surface area contributed by atoms with Crippen LogP contribution in [-0.2, 0) is 17.8 Å².